The molecule has 0 spiro atoms. The smallest absolute Gasteiger partial charge is 0.270 e. The zero-order valence-corrected chi connectivity index (χ0v) is 21.2. The SMILES string of the molecule is CN(C)c1cc2c(cc1Cl)N(c1nn[nH]n1)CC(C(=O)N1CCC(C#N)(Cc3ccc(F)cc3)CC1)O2. The van der Waals surface area contributed by atoms with Crippen LogP contribution >= 0.6 is 11.6 Å². The highest BCUT2D eigenvalue weighted by Gasteiger charge is 2.41. The van der Waals surface area contributed by atoms with Gasteiger partial charge in [0.05, 0.1) is 34.4 Å². The molecule has 192 valence electrons. The number of halogens is 2. The van der Waals surface area contributed by atoms with Crippen LogP contribution in [0.15, 0.2) is 36.4 Å². The third-order valence-corrected chi connectivity index (χ3v) is 7.30. The van der Waals surface area contributed by atoms with Crippen LogP contribution in [-0.4, -0.2) is 71.3 Å². The Labute approximate surface area is 218 Å². The number of anilines is 3. The summed E-state index contributed by atoms with van der Waals surface area (Å²) >= 11 is 6.50. The van der Waals surface area contributed by atoms with Crippen LogP contribution in [0, 0.1) is 22.6 Å². The molecule has 37 heavy (non-hydrogen) atoms. The Morgan fingerprint density at radius 1 is 1.30 bits per heavy atom. The molecular formula is C25H26ClFN8O2. The van der Waals surface area contributed by atoms with Crippen LogP contribution in [0.4, 0.5) is 21.7 Å². The van der Waals surface area contributed by atoms with Crippen LogP contribution in [0.2, 0.25) is 5.02 Å². The molecule has 3 aromatic rings. The van der Waals surface area contributed by atoms with E-state index in [9.17, 15) is 14.4 Å². The molecule has 1 unspecified atom stereocenters. The third kappa shape index (κ3) is 4.89. The van der Waals surface area contributed by atoms with E-state index in [4.69, 9.17) is 16.3 Å². The van der Waals surface area contributed by atoms with Gasteiger partial charge in [-0.1, -0.05) is 28.8 Å². The number of nitrogens with zero attached hydrogens (tertiary/aromatic N) is 7. The Balaban J connectivity index is 1.34. The van der Waals surface area contributed by atoms with Crippen LogP contribution in [0.3, 0.4) is 0 Å². The Morgan fingerprint density at radius 2 is 2.03 bits per heavy atom. The van der Waals surface area contributed by atoms with Gasteiger partial charge in [-0.05, 0) is 48.2 Å². The molecule has 5 rings (SSSR count). The number of H-pyrrole nitrogens is 1. The lowest BCUT2D eigenvalue weighted by molar-refractivity contribution is -0.140. The normalized spacial score (nSPS) is 18.5. The predicted molar refractivity (Wildman–Crippen MR) is 135 cm³/mol. The number of ether oxygens (including phenoxy) is 1. The van der Waals surface area contributed by atoms with Crippen molar-refractivity contribution < 1.29 is 13.9 Å². The van der Waals surface area contributed by atoms with Crippen LogP contribution in [0.25, 0.3) is 0 Å². The number of benzene rings is 2. The fourth-order valence-electron chi connectivity index (χ4n) is 4.90. The predicted octanol–water partition coefficient (Wildman–Crippen LogP) is 3.33. The second-order valence-corrected chi connectivity index (χ2v) is 10.0. The van der Waals surface area contributed by atoms with E-state index < -0.39 is 11.5 Å². The summed E-state index contributed by atoms with van der Waals surface area (Å²) in [7, 11) is 3.74. The van der Waals surface area contributed by atoms with E-state index in [2.05, 4.69) is 26.7 Å². The van der Waals surface area contributed by atoms with Gasteiger partial charge in [0.25, 0.3) is 11.9 Å². The lowest BCUT2D eigenvalue weighted by Gasteiger charge is -2.40. The number of hydrogen-bond donors (Lipinski definition) is 1. The van der Waals surface area contributed by atoms with Gasteiger partial charge in [0.1, 0.15) is 11.6 Å². The monoisotopic (exact) mass is 524 g/mol. The molecule has 0 aliphatic carbocycles. The number of tetrazole rings is 1. The first kappa shape index (κ1) is 24.8. The number of carbonyl (C=O) groups is 1. The lowest BCUT2D eigenvalue weighted by atomic mass is 9.75. The molecule has 1 saturated heterocycles. The third-order valence-electron chi connectivity index (χ3n) is 6.99. The number of carbonyl (C=O) groups excluding carboxylic acids is 1. The second-order valence-electron chi connectivity index (χ2n) is 9.62. The van der Waals surface area contributed by atoms with Crippen molar-refractivity contribution in [1.29, 1.82) is 5.26 Å². The van der Waals surface area contributed by atoms with E-state index in [1.54, 1.807) is 34.1 Å². The van der Waals surface area contributed by atoms with Gasteiger partial charge in [0.2, 0.25) is 0 Å². The zero-order valence-electron chi connectivity index (χ0n) is 20.5. The number of nitrogens with one attached hydrogen (secondary N) is 1. The van der Waals surface area contributed by atoms with Crippen molar-refractivity contribution in [3.8, 4) is 11.8 Å². The van der Waals surface area contributed by atoms with Gasteiger partial charge < -0.3 is 19.4 Å². The van der Waals surface area contributed by atoms with Gasteiger partial charge in [-0.3, -0.25) is 4.79 Å². The Morgan fingerprint density at radius 3 is 2.65 bits per heavy atom. The topological polar surface area (TPSA) is 114 Å². The van der Waals surface area contributed by atoms with E-state index in [1.807, 2.05) is 19.0 Å². The number of hydrogen-bond acceptors (Lipinski definition) is 8. The highest BCUT2D eigenvalue weighted by atomic mass is 35.5. The molecule has 1 amide bonds. The first-order valence-corrected chi connectivity index (χ1v) is 12.3. The van der Waals surface area contributed by atoms with Crippen molar-refractivity contribution in [2.75, 3.05) is 43.5 Å². The molecule has 3 heterocycles. The van der Waals surface area contributed by atoms with Crippen molar-refractivity contribution in [3.63, 3.8) is 0 Å². The quantitative estimate of drug-likeness (QED) is 0.540. The molecule has 0 radical (unpaired) electrons. The Bertz CT molecular complexity index is 1320. The maximum Gasteiger partial charge on any atom is 0.270 e. The van der Waals surface area contributed by atoms with Gasteiger partial charge in [-0.2, -0.15) is 10.5 Å². The molecule has 1 atom stereocenters. The lowest BCUT2D eigenvalue weighted by Crippen LogP contribution is -2.52. The number of piperidine rings is 1. The molecule has 0 saturated carbocycles. The number of aromatic nitrogens is 4. The summed E-state index contributed by atoms with van der Waals surface area (Å²) in [6.45, 7) is 1.02. The summed E-state index contributed by atoms with van der Waals surface area (Å²) in [5, 5.41) is 24.8. The summed E-state index contributed by atoms with van der Waals surface area (Å²) in [5.41, 5.74) is 1.69. The number of rotatable bonds is 5. The number of fused-ring (bicyclic) bond motifs is 1. The fourth-order valence-corrected chi connectivity index (χ4v) is 5.23. The fraction of sp³-hybridized carbons (Fsp3) is 0.400. The first-order chi connectivity index (χ1) is 17.8. The van der Waals surface area contributed by atoms with E-state index >= 15 is 0 Å². The minimum Gasteiger partial charge on any atom is -0.476 e. The highest BCUT2D eigenvalue weighted by molar-refractivity contribution is 6.33. The standard InChI is InChI=1S/C25H26ClFN8O2/c1-33(2)19-12-21-20(11-18(19)26)35(24-29-31-32-30-24)14-22(37-21)23(36)34-9-7-25(15-28,8-10-34)13-16-3-5-17(27)6-4-16/h3-6,11-12,22H,7-10,13-14H2,1-2H3,(H,29,30,31,32). The molecule has 1 N–H and O–H groups in total. The summed E-state index contributed by atoms with van der Waals surface area (Å²) < 4.78 is 19.5. The molecule has 2 aromatic carbocycles. The first-order valence-electron chi connectivity index (χ1n) is 11.9. The molecule has 2 aliphatic rings. The number of amides is 1. The van der Waals surface area contributed by atoms with Crippen molar-refractivity contribution in [2.24, 2.45) is 5.41 Å². The summed E-state index contributed by atoms with van der Waals surface area (Å²) in [5.74, 6) is 0.313. The van der Waals surface area contributed by atoms with Gasteiger partial charge in [-0.25, -0.2) is 4.39 Å². The van der Waals surface area contributed by atoms with E-state index in [0.29, 0.717) is 54.8 Å². The zero-order chi connectivity index (χ0) is 26.2. The van der Waals surface area contributed by atoms with Crippen molar-refractivity contribution in [3.05, 3.63) is 52.8 Å². The second kappa shape index (κ2) is 9.86. The van der Waals surface area contributed by atoms with Crippen LogP contribution in [0.5, 0.6) is 5.75 Å². The molecule has 1 aromatic heterocycles. The molecule has 2 aliphatic heterocycles. The number of likely N-dealkylation sites (tertiary alicyclic amines) is 1. The van der Waals surface area contributed by atoms with Crippen molar-refractivity contribution >= 4 is 34.8 Å². The molecule has 10 nitrogen and oxygen atoms in total. The molecule has 12 heteroatoms. The van der Waals surface area contributed by atoms with Crippen LogP contribution < -0.4 is 14.5 Å². The highest BCUT2D eigenvalue weighted by Crippen LogP contribution is 2.43. The van der Waals surface area contributed by atoms with Crippen molar-refractivity contribution in [1.82, 2.24) is 25.5 Å². The number of nitriles is 1. The van der Waals surface area contributed by atoms with Gasteiger partial charge in [-0.15, -0.1) is 5.10 Å². The average Bonchev–Trinajstić information content (AvgIpc) is 3.44. The summed E-state index contributed by atoms with van der Waals surface area (Å²) in [6.07, 6.45) is 0.739. The summed E-state index contributed by atoms with van der Waals surface area (Å²) in [6, 6.07) is 12.3. The minimum absolute atomic E-state index is 0.172. The minimum atomic E-state index is -0.811. The van der Waals surface area contributed by atoms with Crippen LogP contribution in [0.1, 0.15) is 18.4 Å². The summed E-state index contributed by atoms with van der Waals surface area (Å²) in [4.78, 5) is 19.0. The molecule has 0 bridgehead atoms. The van der Waals surface area contributed by atoms with Gasteiger partial charge >= 0.3 is 0 Å². The Kier molecular flexibility index (Phi) is 6.60. The van der Waals surface area contributed by atoms with E-state index in [-0.39, 0.29) is 18.3 Å². The maximum absolute atomic E-state index is 13.6. The Hall–Kier alpha value is -3.91. The number of aromatic amines is 1. The average molecular weight is 525 g/mol. The largest absolute Gasteiger partial charge is 0.476 e. The van der Waals surface area contributed by atoms with Gasteiger partial charge in [0.15, 0.2) is 6.10 Å². The van der Waals surface area contributed by atoms with Gasteiger partial charge in [0, 0.05) is 33.3 Å². The van der Waals surface area contributed by atoms with E-state index in [1.165, 1.54) is 12.1 Å². The molecule has 1 fully saturated rings. The van der Waals surface area contributed by atoms with Crippen LogP contribution in [-0.2, 0) is 11.2 Å². The molecular weight excluding hydrogens is 499 g/mol. The van der Waals surface area contributed by atoms with Crippen molar-refractivity contribution in [2.45, 2.75) is 25.4 Å². The maximum atomic E-state index is 13.6. The van der Waals surface area contributed by atoms with E-state index in [0.717, 1.165) is 11.3 Å².